The molecular formula is C25H37BrN2O5. The summed E-state index contributed by atoms with van der Waals surface area (Å²) in [5, 5.41) is 5.88. The van der Waals surface area contributed by atoms with Crippen molar-refractivity contribution < 1.29 is 23.9 Å². The fourth-order valence-corrected chi connectivity index (χ4v) is 4.01. The second-order valence-electron chi connectivity index (χ2n) is 9.02. The van der Waals surface area contributed by atoms with Crippen LogP contribution in [0.4, 0.5) is 0 Å². The number of methoxy groups -OCH3 is 1. The van der Waals surface area contributed by atoms with E-state index >= 15 is 0 Å². The highest BCUT2D eigenvalue weighted by Crippen LogP contribution is 2.31. The summed E-state index contributed by atoms with van der Waals surface area (Å²) in [7, 11) is 1.59. The number of rotatable bonds is 12. The lowest BCUT2D eigenvalue weighted by Crippen LogP contribution is -2.61. The number of unbranched alkanes of at least 4 members (excludes halogenated alkanes) is 1. The summed E-state index contributed by atoms with van der Waals surface area (Å²) in [6, 6.07) is 6.52. The SMILES string of the molecule is CCCCOC(=O)[C@H](Cc1ccc(OC)cc1)NC(=O)C1(NC(=O)[C@@H](Br)C(C)C)CCCC1. The summed E-state index contributed by atoms with van der Waals surface area (Å²) in [5.41, 5.74) is -0.141. The summed E-state index contributed by atoms with van der Waals surface area (Å²) in [6.45, 7) is 6.21. The monoisotopic (exact) mass is 524 g/mol. The second-order valence-corrected chi connectivity index (χ2v) is 10.0. The van der Waals surface area contributed by atoms with E-state index in [9.17, 15) is 14.4 Å². The van der Waals surface area contributed by atoms with Crippen LogP contribution in [0.2, 0.25) is 0 Å². The predicted molar refractivity (Wildman–Crippen MR) is 131 cm³/mol. The summed E-state index contributed by atoms with van der Waals surface area (Å²) in [5.74, 6) is -0.204. The van der Waals surface area contributed by atoms with Crippen molar-refractivity contribution in [1.82, 2.24) is 10.6 Å². The molecule has 2 rings (SSSR count). The number of alkyl halides is 1. The predicted octanol–water partition coefficient (Wildman–Crippen LogP) is 3.91. The van der Waals surface area contributed by atoms with Crippen molar-refractivity contribution >= 4 is 33.7 Å². The Bertz CT molecular complexity index is 790. The average Bonchev–Trinajstić information content (AvgIpc) is 3.28. The molecule has 1 aromatic carbocycles. The standard InChI is InChI=1S/C25H37BrN2O5/c1-5-6-15-33-23(30)20(16-18-9-11-19(32-4)12-10-18)27-24(31)25(13-7-8-14-25)28-22(29)21(26)17(2)3/h9-12,17,20-21H,5-8,13-16H2,1-4H3,(H,27,31)(H,28,29)/t20-,21-/m0/s1. The molecule has 33 heavy (non-hydrogen) atoms. The van der Waals surface area contributed by atoms with Crippen LogP contribution in [0.15, 0.2) is 24.3 Å². The first kappa shape index (κ1) is 27.2. The second kappa shape index (κ2) is 13.0. The van der Waals surface area contributed by atoms with Crippen molar-refractivity contribution in [2.75, 3.05) is 13.7 Å². The van der Waals surface area contributed by atoms with E-state index in [-0.39, 0.29) is 24.2 Å². The number of halogens is 1. The van der Waals surface area contributed by atoms with Gasteiger partial charge in [-0.3, -0.25) is 9.59 Å². The van der Waals surface area contributed by atoms with Gasteiger partial charge in [-0.15, -0.1) is 0 Å². The highest BCUT2D eigenvalue weighted by Gasteiger charge is 2.44. The molecule has 0 saturated heterocycles. The molecule has 0 aromatic heterocycles. The Morgan fingerprint density at radius 3 is 2.30 bits per heavy atom. The number of hydrogen-bond donors (Lipinski definition) is 2. The smallest absolute Gasteiger partial charge is 0.328 e. The summed E-state index contributed by atoms with van der Waals surface area (Å²) < 4.78 is 10.6. The van der Waals surface area contributed by atoms with Crippen LogP contribution in [0, 0.1) is 5.92 Å². The lowest BCUT2D eigenvalue weighted by Gasteiger charge is -2.32. The van der Waals surface area contributed by atoms with Gasteiger partial charge in [0, 0.05) is 6.42 Å². The van der Waals surface area contributed by atoms with E-state index < -0.39 is 22.4 Å². The summed E-state index contributed by atoms with van der Waals surface area (Å²) in [6.07, 6.45) is 4.72. The Morgan fingerprint density at radius 2 is 1.76 bits per heavy atom. The minimum Gasteiger partial charge on any atom is -0.497 e. The number of hydrogen-bond acceptors (Lipinski definition) is 5. The van der Waals surface area contributed by atoms with Gasteiger partial charge in [0.05, 0.1) is 18.5 Å². The molecule has 1 fully saturated rings. The molecule has 0 heterocycles. The molecule has 1 aromatic rings. The van der Waals surface area contributed by atoms with Crippen molar-refractivity contribution in [3.8, 4) is 5.75 Å². The van der Waals surface area contributed by atoms with E-state index in [1.54, 1.807) is 7.11 Å². The maximum absolute atomic E-state index is 13.5. The number of carbonyl (C=O) groups excluding carboxylic acids is 3. The molecule has 2 atom stereocenters. The van der Waals surface area contributed by atoms with E-state index in [1.165, 1.54) is 0 Å². The van der Waals surface area contributed by atoms with Gasteiger partial charge < -0.3 is 20.1 Å². The first-order valence-electron chi connectivity index (χ1n) is 11.8. The van der Waals surface area contributed by atoms with Gasteiger partial charge in [-0.25, -0.2) is 4.79 Å². The van der Waals surface area contributed by atoms with E-state index in [0.29, 0.717) is 25.2 Å². The zero-order valence-electron chi connectivity index (χ0n) is 20.1. The first-order chi connectivity index (χ1) is 15.7. The Kier molecular flexibility index (Phi) is 10.7. The Morgan fingerprint density at radius 1 is 1.12 bits per heavy atom. The van der Waals surface area contributed by atoms with Crippen molar-refractivity contribution in [3.63, 3.8) is 0 Å². The maximum atomic E-state index is 13.5. The van der Waals surface area contributed by atoms with Gasteiger partial charge in [-0.05, 0) is 42.9 Å². The van der Waals surface area contributed by atoms with Gasteiger partial charge >= 0.3 is 5.97 Å². The highest BCUT2D eigenvalue weighted by molar-refractivity contribution is 9.10. The minimum absolute atomic E-state index is 0.0860. The van der Waals surface area contributed by atoms with Crippen molar-refractivity contribution in [3.05, 3.63) is 29.8 Å². The van der Waals surface area contributed by atoms with Crippen LogP contribution in [-0.4, -0.2) is 47.9 Å². The van der Waals surface area contributed by atoms with Crippen LogP contribution in [0.1, 0.15) is 64.9 Å². The van der Waals surface area contributed by atoms with Gasteiger partial charge in [0.1, 0.15) is 17.3 Å². The van der Waals surface area contributed by atoms with Crippen LogP contribution in [0.3, 0.4) is 0 Å². The van der Waals surface area contributed by atoms with Gasteiger partial charge in [0.15, 0.2) is 0 Å². The van der Waals surface area contributed by atoms with Gasteiger partial charge in [-0.1, -0.05) is 68.1 Å². The van der Waals surface area contributed by atoms with Crippen LogP contribution < -0.4 is 15.4 Å². The molecule has 0 spiro atoms. The number of benzene rings is 1. The number of carbonyl (C=O) groups is 3. The van der Waals surface area contributed by atoms with Crippen LogP contribution in [0.5, 0.6) is 5.75 Å². The summed E-state index contributed by atoms with van der Waals surface area (Å²) in [4.78, 5) is 38.7. The first-order valence-corrected chi connectivity index (χ1v) is 12.7. The van der Waals surface area contributed by atoms with Gasteiger partial charge in [0.2, 0.25) is 11.8 Å². The number of amides is 2. The molecule has 2 amide bonds. The number of ether oxygens (including phenoxy) is 2. The molecule has 7 nitrogen and oxygen atoms in total. The molecule has 0 bridgehead atoms. The molecule has 0 unspecified atom stereocenters. The molecule has 1 saturated carbocycles. The number of esters is 1. The third-order valence-electron chi connectivity index (χ3n) is 6.02. The average molecular weight is 525 g/mol. The largest absolute Gasteiger partial charge is 0.497 e. The van der Waals surface area contributed by atoms with E-state index in [4.69, 9.17) is 9.47 Å². The fourth-order valence-electron chi connectivity index (χ4n) is 3.90. The quantitative estimate of drug-likeness (QED) is 0.245. The maximum Gasteiger partial charge on any atom is 0.328 e. The molecule has 1 aliphatic carbocycles. The molecule has 2 N–H and O–H groups in total. The zero-order chi connectivity index (χ0) is 24.4. The zero-order valence-corrected chi connectivity index (χ0v) is 21.7. The normalized spacial score (nSPS) is 16.7. The molecule has 8 heteroatoms. The van der Waals surface area contributed by atoms with Crippen molar-refractivity contribution in [2.24, 2.45) is 5.92 Å². The molecule has 184 valence electrons. The van der Waals surface area contributed by atoms with Crippen LogP contribution in [0.25, 0.3) is 0 Å². The van der Waals surface area contributed by atoms with Crippen LogP contribution in [-0.2, 0) is 25.5 Å². The lowest BCUT2D eigenvalue weighted by molar-refractivity contribution is -0.148. The fraction of sp³-hybridized carbons (Fsp3) is 0.640. The van der Waals surface area contributed by atoms with Gasteiger partial charge in [-0.2, -0.15) is 0 Å². The Hall–Kier alpha value is -2.09. The molecular weight excluding hydrogens is 488 g/mol. The minimum atomic E-state index is -1.01. The van der Waals surface area contributed by atoms with Gasteiger partial charge in [0.25, 0.3) is 0 Å². The van der Waals surface area contributed by atoms with Crippen molar-refractivity contribution in [2.45, 2.75) is 82.1 Å². The third-order valence-corrected chi connectivity index (χ3v) is 7.49. The van der Waals surface area contributed by atoms with E-state index in [1.807, 2.05) is 45.0 Å². The summed E-state index contributed by atoms with van der Waals surface area (Å²) >= 11 is 3.43. The topological polar surface area (TPSA) is 93.7 Å². The van der Waals surface area contributed by atoms with Crippen LogP contribution >= 0.6 is 15.9 Å². The van der Waals surface area contributed by atoms with Crippen molar-refractivity contribution in [1.29, 1.82) is 0 Å². The Labute approximate surface area is 205 Å². The van der Waals surface area contributed by atoms with E-state index in [0.717, 1.165) is 31.2 Å². The third kappa shape index (κ3) is 7.73. The molecule has 0 aliphatic heterocycles. The lowest BCUT2D eigenvalue weighted by atomic mass is 9.94. The molecule has 1 aliphatic rings. The van der Waals surface area contributed by atoms with E-state index in [2.05, 4.69) is 26.6 Å². The Balaban J connectivity index is 2.19. The molecule has 0 radical (unpaired) electrons. The number of nitrogens with one attached hydrogen (secondary N) is 2. The highest BCUT2D eigenvalue weighted by atomic mass is 79.9.